The van der Waals surface area contributed by atoms with Gasteiger partial charge in [0.25, 0.3) is 0 Å². The molecule has 0 saturated heterocycles. The molecule has 0 heterocycles. The summed E-state index contributed by atoms with van der Waals surface area (Å²) in [7, 11) is 0. The molecule has 0 aliphatic heterocycles. The summed E-state index contributed by atoms with van der Waals surface area (Å²) in [5.74, 6) is -2.10. The van der Waals surface area contributed by atoms with Gasteiger partial charge in [0.05, 0.1) is 6.61 Å². The fraction of sp³-hybridized carbons (Fsp3) is 0.515. The van der Waals surface area contributed by atoms with Crippen molar-refractivity contribution in [2.24, 2.45) is 0 Å². The number of benzene rings is 2. The fourth-order valence-electron chi connectivity index (χ4n) is 4.33. The zero-order valence-electron chi connectivity index (χ0n) is 26.8. The summed E-state index contributed by atoms with van der Waals surface area (Å²) in [6.45, 7) is 11.4. The first kappa shape index (κ1) is 36.1. The predicted molar refractivity (Wildman–Crippen MR) is 166 cm³/mol. The molecule has 0 radical (unpaired) electrons. The van der Waals surface area contributed by atoms with Crippen LogP contribution >= 0.6 is 0 Å². The van der Waals surface area contributed by atoms with E-state index in [9.17, 15) is 29.4 Å². The molecular weight excluding hydrogens is 566 g/mol. The second-order valence-electron chi connectivity index (χ2n) is 12.5. The summed E-state index contributed by atoms with van der Waals surface area (Å²) in [5, 5.41) is 25.3. The van der Waals surface area contributed by atoms with Gasteiger partial charge in [0.15, 0.2) is 0 Å². The van der Waals surface area contributed by atoms with Gasteiger partial charge in [-0.05, 0) is 71.2 Å². The van der Waals surface area contributed by atoms with Crippen LogP contribution in [0.3, 0.4) is 0 Å². The number of aliphatic hydroxyl groups excluding tert-OH is 1. The van der Waals surface area contributed by atoms with E-state index in [0.29, 0.717) is 18.4 Å². The van der Waals surface area contributed by atoms with Gasteiger partial charge >= 0.3 is 12.1 Å². The van der Waals surface area contributed by atoms with Crippen molar-refractivity contribution in [1.29, 1.82) is 0 Å². The molecule has 3 amide bonds. The second kappa shape index (κ2) is 16.1. The minimum Gasteiger partial charge on any atom is -0.508 e. The average molecular weight is 614 g/mol. The quantitative estimate of drug-likeness (QED) is 0.247. The summed E-state index contributed by atoms with van der Waals surface area (Å²) >= 11 is 0. The Morgan fingerprint density at radius 3 is 1.95 bits per heavy atom. The van der Waals surface area contributed by atoms with Crippen molar-refractivity contribution < 1.29 is 38.9 Å². The van der Waals surface area contributed by atoms with Crippen LogP contribution in [0.1, 0.15) is 78.5 Å². The highest BCUT2D eigenvalue weighted by Gasteiger charge is 2.38. The number of ether oxygens (including phenoxy) is 2. The largest absolute Gasteiger partial charge is 0.508 e. The molecule has 11 heteroatoms. The molecule has 2 aromatic rings. The summed E-state index contributed by atoms with van der Waals surface area (Å²) < 4.78 is 10.9. The summed E-state index contributed by atoms with van der Waals surface area (Å²) in [5.41, 5.74) is -0.538. The van der Waals surface area contributed by atoms with Crippen LogP contribution < -0.4 is 10.6 Å². The lowest BCUT2D eigenvalue weighted by molar-refractivity contribution is -0.159. The first-order valence-corrected chi connectivity index (χ1v) is 14.8. The number of amides is 3. The van der Waals surface area contributed by atoms with Crippen molar-refractivity contribution in [2.45, 2.75) is 97.1 Å². The van der Waals surface area contributed by atoms with Crippen LogP contribution in [0.15, 0.2) is 54.6 Å². The van der Waals surface area contributed by atoms with Crippen LogP contribution in [0.25, 0.3) is 0 Å². The summed E-state index contributed by atoms with van der Waals surface area (Å²) in [6, 6.07) is 11.1. The maximum absolute atomic E-state index is 14.2. The lowest BCUT2D eigenvalue weighted by Crippen LogP contribution is -2.56. The molecular formula is C33H47N3O8. The molecule has 0 saturated carbocycles. The second-order valence-corrected chi connectivity index (χ2v) is 12.5. The number of rotatable bonds is 13. The number of phenols is 1. The molecule has 4 N–H and O–H groups in total. The van der Waals surface area contributed by atoms with Gasteiger partial charge in [-0.2, -0.15) is 0 Å². The molecule has 0 aliphatic rings. The van der Waals surface area contributed by atoms with E-state index >= 15 is 0 Å². The summed E-state index contributed by atoms with van der Waals surface area (Å²) in [6.07, 6.45) is 0.397. The Kier molecular flexibility index (Phi) is 13.2. The number of phenolic OH excluding ortho intramolecular Hbond substituents is 1. The molecule has 2 aromatic carbocycles. The Morgan fingerprint density at radius 1 is 0.841 bits per heavy atom. The van der Waals surface area contributed by atoms with E-state index in [-0.39, 0.29) is 18.7 Å². The number of hydrogen-bond acceptors (Lipinski definition) is 8. The van der Waals surface area contributed by atoms with Crippen molar-refractivity contribution in [1.82, 2.24) is 15.5 Å². The highest BCUT2D eigenvalue weighted by molar-refractivity contribution is 5.94. The van der Waals surface area contributed by atoms with Gasteiger partial charge in [0.1, 0.15) is 35.1 Å². The van der Waals surface area contributed by atoms with Crippen LogP contribution in [-0.4, -0.2) is 75.4 Å². The van der Waals surface area contributed by atoms with Gasteiger partial charge in [-0.25, -0.2) is 9.59 Å². The van der Waals surface area contributed by atoms with Crippen molar-refractivity contribution in [3.63, 3.8) is 0 Å². The van der Waals surface area contributed by atoms with E-state index in [0.717, 1.165) is 5.56 Å². The lowest BCUT2D eigenvalue weighted by atomic mass is 10.00. The van der Waals surface area contributed by atoms with Gasteiger partial charge < -0.3 is 35.2 Å². The molecule has 3 atom stereocenters. The predicted octanol–water partition coefficient (Wildman–Crippen LogP) is 4.02. The van der Waals surface area contributed by atoms with E-state index < -0.39 is 59.8 Å². The third-order valence-electron chi connectivity index (χ3n) is 6.27. The number of aromatic hydroxyl groups is 1. The number of aliphatic hydroxyl groups is 1. The van der Waals surface area contributed by atoms with Crippen LogP contribution in [0, 0.1) is 0 Å². The van der Waals surface area contributed by atoms with Gasteiger partial charge in [0.2, 0.25) is 11.8 Å². The first-order chi connectivity index (χ1) is 20.5. The summed E-state index contributed by atoms with van der Waals surface area (Å²) in [4.78, 5) is 55.2. The van der Waals surface area contributed by atoms with Crippen molar-refractivity contribution in [3.8, 4) is 5.75 Å². The molecule has 11 nitrogen and oxygen atoms in total. The van der Waals surface area contributed by atoms with Crippen LogP contribution in [0.5, 0.6) is 5.75 Å². The SMILES string of the molecule is CCCCN(C(=O)C(CO)NC(=O)OC(C)(C)C)C(C(=O)NC(Cc1ccccc1)C(=O)OC(C)(C)C)c1ccc(O)cc1. The molecule has 2 rings (SSSR count). The minimum atomic E-state index is -1.42. The van der Waals surface area contributed by atoms with E-state index in [4.69, 9.17) is 9.47 Å². The first-order valence-electron chi connectivity index (χ1n) is 14.8. The topological polar surface area (TPSA) is 154 Å². The third-order valence-corrected chi connectivity index (χ3v) is 6.27. The van der Waals surface area contributed by atoms with Crippen molar-refractivity contribution >= 4 is 23.9 Å². The number of nitrogens with zero attached hydrogens (tertiary/aromatic N) is 1. The Hall–Kier alpha value is -4.12. The smallest absolute Gasteiger partial charge is 0.408 e. The number of esters is 1. The van der Waals surface area contributed by atoms with E-state index in [2.05, 4.69) is 10.6 Å². The van der Waals surface area contributed by atoms with Crippen LogP contribution in [-0.2, 0) is 30.3 Å². The highest BCUT2D eigenvalue weighted by atomic mass is 16.6. The van der Waals surface area contributed by atoms with Crippen molar-refractivity contribution in [2.75, 3.05) is 13.2 Å². The number of alkyl carbamates (subject to hydrolysis) is 1. The molecule has 44 heavy (non-hydrogen) atoms. The number of carbonyl (C=O) groups excluding carboxylic acids is 4. The maximum atomic E-state index is 14.2. The number of nitrogens with one attached hydrogen (secondary N) is 2. The minimum absolute atomic E-state index is 0.0464. The van der Waals surface area contributed by atoms with E-state index in [1.165, 1.54) is 29.2 Å². The Bertz CT molecular complexity index is 1240. The normalized spacial score (nSPS) is 13.6. The van der Waals surface area contributed by atoms with Gasteiger partial charge in [-0.1, -0.05) is 55.8 Å². The Labute approximate surface area is 259 Å². The molecule has 3 unspecified atom stereocenters. The van der Waals surface area contributed by atoms with Crippen molar-refractivity contribution in [3.05, 3.63) is 65.7 Å². The van der Waals surface area contributed by atoms with Crippen LogP contribution in [0.4, 0.5) is 4.79 Å². The van der Waals surface area contributed by atoms with Gasteiger partial charge in [0, 0.05) is 13.0 Å². The molecule has 242 valence electrons. The average Bonchev–Trinajstić information content (AvgIpc) is 2.92. The number of carbonyl (C=O) groups is 4. The lowest BCUT2D eigenvalue weighted by Gasteiger charge is -2.35. The molecule has 0 bridgehead atoms. The molecule has 0 spiro atoms. The Morgan fingerprint density at radius 2 is 1.43 bits per heavy atom. The zero-order chi connectivity index (χ0) is 33.1. The highest BCUT2D eigenvalue weighted by Crippen LogP contribution is 2.26. The van der Waals surface area contributed by atoms with Gasteiger partial charge in [-0.15, -0.1) is 0 Å². The molecule has 0 fully saturated rings. The number of unbranched alkanes of at least 4 members (excludes halogenated alkanes) is 1. The molecule has 0 aromatic heterocycles. The number of hydrogen-bond donors (Lipinski definition) is 4. The molecule has 0 aliphatic carbocycles. The standard InChI is InChI=1S/C33H47N3O8/c1-8-9-19-36(29(40)26(21-37)35-31(42)44-33(5,6)7)27(23-15-17-24(38)18-16-23)28(39)34-25(30(41)43-32(2,3)4)20-22-13-11-10-12-14-22/h10-18,25-27,37-38H,8-9,19-21H2,1-7H3,(H,34,39)(H,35,42). The fourth-order valence-corrected chi connectivity index (χ4v) is 4.33. The zero-order valence-corrected chi connectivity index (χ0v) is 26.8. The third kappa shape index (κ3) is 11.9. The van der Waals surface area contributed by atoms with Gasteiger partial charge in [-0.3, -0.25) is 9.59 Å². The Balaban J connectivity index is 2.54. The maximum Gasteiger partial charge on any atom is 0.408 e. The monoisotopic (exact) mass is 613 g/mol. The van der Waals surface area contributed by atoms with E-state index in [1.54, 1.807) is 41.5 Å². The van der Waals surface area contributed by atoms with E-state index in [1.807, 2.05) is 37.3 Å². The van der Waals surface area contributed by atoms with Crippen LogP contribution in [0.2, 0.25) is 0 Å².